The first kappa shape index (κ1) is 15.6. The predicted octanol–water partition coefficient (Wildman–Crippen LogP) is 2.92. The van der Waals surface area contributed by atoms with Gasteiger partial charge in [0.05, 0.1) is 11.4 Å². The van der Waals surface area contributed by atoms with Gasteiger partial charge in [-0.3, -0.25) is 9.78 Å². The zero-order chi connectivity index (χ0) is 18.2. The van der Waals surface area contributed by atoms with Crippen molar-refractivity contribution in [3.63, 3.8) is 0 Å². The van der Waals surface area contributed by atoms with Crippen molar-refractivity contribution < 1.29 is 9.32 Å². The molecule has 27 heavy (non-hydrogen) atoms. The second kappa shape index (κ2) is 6.28. The average molecular weight is 357 g/mol. The van der Waals surface area contributed by atoms with Gasteiger partial charge in [-0.15, -0.1) is 0 Å². The minimum absolute atomic E-state index is 0.0532. The van der Waals surface area contributed by atoms with Gasteiger partial charge in [0.25, 0.3) is 5.91 Å². The number of fused-ring (bicyclic) bond motifs is 1. The molecule has 0 N–H and O–H groups in total. The average Bonchev–Trinajstić information content (AvgIpc) is 3.17. The highest BCUT2D eigenvalue weighted by Crippen LogP contribution is 2.28. The maximum atomic E-state index is 12.7. The standard InChI is InChI=1S/C20H15N5O2/c26-20(17-6-5-13-3-1-2-4-16(13)22-17)25-11-15(12-25)19-23-18(24-27-19)14-7-9-21-10-8-14/h1-10,15H,11-12H2. The Labute approximate surface area is 154 Å². The molecule has 0 bridgehead atoms. The van der Waals surface area contributed by atoms with Crippen LogP contribution in [0.2, 0.25) is 0 Å². The van der Waals surface area contributed by atoms with E-state index in [4.69, 9.17) is 4.52 Å². The van der Waals surface area contributed by atoms with E-state index in [1.807, 2.05) is 42.5 Å². The van der Waals surface area contributed by atoms with Crippen molar-refractivity contribution >= 4 is 16.8 Å². The number of amides is 1. The van der Waals surface area contributed by atoms with Crippen LogP contribution in [0, 0.1) is 0 Å². The zero-order valence-electron chi connectivity index (χ0n) is 14.3. The van der Waals surface area contributed by atoms with Crippen LogP contribution in [0.5, 0.6) is 0 Å². The third-order valence-corrected chi connectivity index (χ3v) is 4.72. The Morgan fingerprint density at radius 3 is 2.67 bits per heavy atom. The number of pyridine rings is 2. The van der Waals surface area contributed by atoms with E-state index in [9.17, 15) is 4.79 Å². The maximum absolute atomic E-state index is 12.7. The summed E-state index contributed by atoms with van der Waals surface area (Å²) in [7, 11) is 0. The molecule has 7 heteroatoms. The van der Waals surface area contributed by atoms with Gasteiger partial charge in [-0.05, 0) is 24.3 Å². The van der Waals surface area contributed by atoms with E-state index < -0.39 is 0 Å². The molecule has 0 radical (unpaired) electrons. The Morgan fingerprint density at radius 2 is 1.81 bits per heavy atom. The normalized spacial score (nSPS) is 14.3. The van der Waals surface area contributed by atoms with Crippen LogP contribution in [0.15, 0.2) is 65.4 Å². The van der Waals surface area contributed by atoms with E-state index in [-0.39, 0.29) is 11.8 Å². The molecule has 132 valence electrons. The molecule has 1 fully saturated rings. The summed E-state index contributed by atoms with van der Waals surface area (Å²) in [6.07, 6.45) is 3.37. The van der Waals surface area contributed by atoms with E-state index in [2.05, 4.69) is 20.1 Å². The van der Waals surface area contributed by atoms with Gasteiger partial charge in [0.1, 0.15) is 5.69 Å². The van der Waals surface area contributed by atoms with Gasteiger partial charge in [-0.1, -0.05) is 29.4 Å². The second-order valence-electron chi connectivity index (χ2n) is 6.49. The van der Waals surface area contributed by atoms with Crippen LogP contribution in [0.4, 0.5) is 0 Å². The summed E-state index contributed by atoms with van der Waals surface area (Å²) in [4.78, 5) is 27.3. The van der Waals surface area contributed by atoms with Gasteiger partial charge in [0.2, 0.25) is 11.7 Å². The van der Waals surface area contributed by atoms with Crippen molar-refractivity contribution in [3.05, 3.63) is 72.5 Å². The third-order valence-electron chi connectivity index (χ3n) is 4.72. The van der Waals surface area contributed by atoms with Crippen LogP contribution in [0.3, 0.4) is 0 Å². The molecule has 0 spiro atoms. The van der Waals surface area contributed by atoms with Gasteiger partial charge < -0.3 is 9.42 Å². The van der Waals surface area contributed by atoms with Crippen LogP contribution >= 0.6 is 0 Å². The minimum atomic E-state index is -0.0779. The van der Waals surface area contributed by atoms with E-state index >= 15 is 0 Å². The van der Waals surface area contributed by atoms with Gasteiger partial charge in [-0.25, -0.2) is 4.98 Å². The van der Waals surface area contributed by atoms with Gasteiger partial charge in [0.15, 0.2) is 0 Å². The molecule has 4 aromatic rings. The molecule has 0 saturated carbocycles. The molecular weight excluding hydrogens is 342 g/mol. The summed E-state index contributed by atoms with van der Waals surface area (Å²) < 4.78 is 5.38. The number of rotatable bonds is 3. The molecule has 5 rings (SSSR count). The zero-order valence-corrected chi connectivity index (χ0v) is 14.3. The van der Waals surface area contributed by atoms with Crippen LogP contribution in [-0.4, -0.2) is 44.0 Å². The van der Waals surface area contributed by atoms with E-state index in [1.165, 1.54) is 0 Å². The molecule has 1 aromatic carbocycles. The summed E-state index contributed by atoms with van der Waals surface area (Å²) in [5.74, 6) is 1.06. The Kier molecular flexibility index (Phi) is 3.64. The van der Waals surface area contributed by atoms with Crippen LogP contribution in [0.25, 0.3) is 22.3 Å². The number of nitrogens with zero attached hydrogens (tertiary/aromatic N) is 5. The van der Waals surface area contributed by atoms with Crippen molar-refractivity contribution in [2.24, 2.45) is 0 Å². The summed E-state index contributed by atoms with van der Waals surface area (Å²) in [6, 6.07) is 15.1. The molecule has 1 aliphatic rings. The summed E-state index contributed by atoms with van der Waals surface area (Å²) in [5, 5.41) is 5.04. The largest absolute Gasteiger partial charge is 0.339 e. The quantitative estimate of drug-likeness (QED) is 0.560. The molecule has 1 amide bonds. The lowest BCUT2D eigenvalue weighted by Crippen LogP contribution is -2.48. The highest BCUT2D eigenvalue weighted by Gasteiger charge is 2.36. The van der Waals surface area contributed by atoms with E-state index in [1.54, 1.807) is 23.4 Å². The van der Waals surface area contributed by atoms with Crippen molar-refractivity contribution in [1.82, 2.24) is 25.0 Å². The fraction of sp³-hybridized carbons (Fsp3) is 0.150. The number of carbonyl (C=O) groups is 1. The first-order valence-corrected chi connectivity index (χ1v) is 8.67. The molecule has 4 heterocycles. The van der Waals surface area contributed by atoms with Crippen molar-refractivity contribution in [2.45, 2.75) is 5.92 Å². The lowest BCUT2D eigenvalue weighted by atomic mass is 9.99. The summed E-state index contributed by atoms with van der Waals surface area (Å²) >= 11 is 0. The number of aromatic nitrogens is 4. The van der Waals surface area contributed by atoms with Gasteiger partial charge >= 0.3 is 0 Å². The lowest BCUT2D eigenvalue weighted by molar-refractivity contribution is 0.0563. The Balaban J connectivity index is 1.29. The Morgan fingerprint density at radius 1 is 1.00 bits per heavy atom. The number of carbonyl (C=O) groups excluding carboxylic acids is 1. The molecule has 1 saturated heterocycles. The van der Waals surface area contributed by atoms with Crippen molar-refractivity contribution in [3.8, 4) is 11.4 Å². The van der Waals surface area contributed by atoms with E-state index in [0.717, 1.165) is 16.5 Å². The summed E-state index contributed by atoms with van der Waals surface area (Å²) in [6.45, 7) is 1.09. The number of hydrogen-bond acceptors (Lipinski definition) is 6. The van der Waals surface area contributed by atoms with Crippen LogP contribution in [0.1, 0.15) is 22.3 Å². The van der Waals surface area contributed by atoms with E-state index in [0.29, 0.717) is 30.5 Å². The number of likely N-dealkylation sites (tertiary alicyclic amines) is 1. The predicted molar refractivity (Wildman–Crippen MR) is 97.9 cm³/mol. The van der Waals surface area contributed by atoms with Crippen molar-refractivity contribution in [2.75, 3.05) is 13.1 Å². The first-order chi connectivity index (χ1) is 13.3. The van der Waals surface area contributed by atoms with Crippen molar-refractivity contribution in [1.29, 1.82) is 0 Å². The Hall–Kier alpha value is -3.61. The molecule has 0 atom stereocenters. The van der Waals surface area contributed by atoms with Crippen LogP contribution < -0.4 is 0 Å². The maximum Gasteiger partial charge on any atom is 0.272 e. The highest BCUT2D eigenvalue weighted by molar-refractivity contribution is 5.95. The number of benzene rings is 1. The minimum Gasteiger partial charge on any atom is -0.339 e. The highest BCUT2D eigenvalue weighted by atomic mass is 16.5. The number of hydrogen-bond donors (Lipinski definition) is 0. The third kappa shape index (κ3) is 2.83. The first-order valence-electron chi connectivity index (χ1n) is 8.67. The number of para-hydroxylation sites is 1. The molecule has 0 unspecified atom stereocenters. The van der Waals surface area contributed by atoms with Gasteiger partial charge in [0, 0.05) is 36.4 Å². The Bertz CT molecular complexity index is 1120. The molecular formula is C20H15N5O2. The molecule has 1 aliphatic heterocycles. The SMILES string of the molecule is O=C(c1ccc2ccccc2n1)N1CC(c2nc(-c3ccncc3)no2)C1. The topological polar surface area (TPSA) is 85.0 Å². The second-order valence-corrected chi connectivity index (χ2v) is 6.49. The molecule has 7 nitrogen and oxygen atoms in total. The molecule has 3 aromatic heterocycles. The van der Waals surface area contributed by atoms with Gasteiger partial charge in [-0.2, -0.15) is 4.98 Å². The lowest BCUT2D eigenvalue weighted by Gasteiger charge is -2.36. The van der Waals surface area contributed by atoms with Crippen LogP contribution in [-0.2, 0) is 0 Å². The smallest absolute Gasteiger partial charge is 0.272 e. The fourth-order valence-electron chi connectivity index (χ4n) is 3.17. The monoisotopic (exact) mass is 357 g/mol. The fourth-order valence-corrected chi connectivity index (χ4v) is 3.17. The summed E-state index contributed by atoms with van der Waals surface area (Å²) in [5.41, 5.74) is 2.13. The molecule has 0 aliphatic carbocycles.